The molecule has 0 aromatic heterocycles. The summed E-state index contributed by atoms with van der Waals surface area (Å²) in [5.74, 6) is -0.206. The second-order valence-electron chi connectivity index (χ2n) is 7.72. The summed E-state index contributed by atoms with van der Waals surface area (Å²) in [6.45, 7) is 0. The molecule has 0 atom stereocenters. The van der Waals surface area contributed by atoms with Gasteiger partial charge in [-0.1, -0.05) is 60.7 Å². The molecule has 0 saturated heterocycles. The number of alkyl halides is 6. The zero-order valence-electron chi connectivity index (χ0n) is 17.9. The molecule has 0 amide bonds. The molecule has 0 heterocycles. The smallest absolute Gasteiger partial charge is 0.416 e. The third-order valence-corrected chi connectivity index (χ3v) is 5.26. The standard InChI is InChI=1S/C27H17F6NO/c28-26(29,30)21-13-22(27(31,32)33)15-23(14-21)34-16-20-11-19(17-7-3-1-4-8-17)12-24(25(20)35)18-9-5-2-6-10-18/h1-16,35H. The van der Waals surface area contributed by atoms with Crippen LogP contribution in [-0.2, 0) is 12.4 Å². The number of hydrogen-bond donors (Lipinski definition) is 1. The Morgan fingerprint density at radius 1 is 0.600 bits per heavy atom. The van der Waals surface area contributed by atoms with Gasteiger partial charge in [-0.3, -0.25) is 4.99 Å². The first-order valence-electron chi connectivity index (χ1n) is 10.3. The fourth-order valence-electron chi connectivity index (χ4n) is 3.55. The van der Waals surface area contributed by atoms with Crippen molar-refractivity contribution >= 4 is 11.9 Å². The Morgan fingerprint density at radius 3 is 1.63 bits per heavy atom. The van der Waals surface area contributed by atoms with Crippen molar-refractivity contribution in [2.24, 2.45) is 4.99 Å². The van der Waals surface area contributed by atoms with Gasteiger partial charge in [0, 0.05) is 17.3 Å². The van der Waals surface area contributed by atoms with Gasteiger partial charge in [0.05, 0.1) is 16.8 Å². The van der Waals surface area contributed by atoms with Crippen molar-refractivity contribution in [2.45, 2.75) is 12.4 Å². The average Bonchev–Trinajstić information content (AvgIpc) is 2.83. The van der Waals surface area contributed by atoms with E-state index in [0.717, 1.165) is 11.8 Å². The molecule has 2 nitrogen and oxygen atoms in total. The number of aliphatic imine (C=N–C) groups is 1. The van der Waals surface area contributed by atoms with Crippen LogP contribution in [0.25, 0.3) is 22.3 Å². The molecule has 4 aromatic rings. The lowest BCUT2D eigenvalue weighted by Gasteiger charge is -2.13. The number of benzene rings is 4. The zero-order valence-corrected chi connectivity index (χ0v) is 17.9. The van der Waals surface area contributed by atoms with Gasteiger partial charge in [-0.05, 0) is 47.0 Å². The lowest BCUT2D eigenvalue weighted by molar-refractivity contribution is -0.143. The van der Waals surface area contributed by atoms with Crippen LogP contribution in [0.1, 0.15) is 16.7 Å². The zero-order chi connectivity index (χ0) is 25.2. The lowest BCUT2D eigenvalue weighted by atomic mass is 9.95. The van der Waals surface area contributed by atoms with Crippen molar-refractivity contribution in [1.82, 2.24) is 0 Å². The quantitative estimate of drug-likeness (QED) is 0.228. The molecular formula is C27H17F6NO. The largest absolute Gasteiger partial charge is 0.507 e. The molecule has 0 bridgehead atoms. The SMILES string of the molecule is Oc1c(C=Nc2cc(C(F)(F)F)cc(C(F)(F)F)c2)cc(-c2ccccc2)cc1-c1ccccc1. The third-order valence-electron chi connectivity index (χ3n) is 5.26. The molecule has 8 heteroatoms. The van der Waals surface area contributed by atoms with Crippen LogP contribution >= 0.6 is 0 Å². The Morgan fingerprint density at radius 2 is 1.11 bits per heavy atom. The highest BCUT2D eigenvalue weighted by atomic mass is 19.4. The molecule has 0 aliphatic heterocycles. The van der Waals surface area contributed by atoms with Crippen molar-refractivity contribution < 1.29 is 31.4 Å². The van der Waals surface area contributed by atoms with E-state index in [1.54, 1.807) is 42.5 Å². The van der Waals surface area contributed by atoms with Gasteiger partial charge in [0.1, 0.15) is 5.75 Å². The predicted molar refractivity (Wildman–Crippen MR) is 123 cm³/mol. The maximum atomic E-state index is 13.2. The highest BCUT2D eigenvalue weighted by Gasteiger charge is 2.36. The van der Waals surface area contributed by atoms with Gasteiger partial charge < -0.3 is 5.11 Å². The molecule has 178 valence electrons. The Bertz CT molecular complexity index is 1330. The van der Waals surface area contributed by atoms with Crippen molar-refractivity contribution in [3.8, 4) is 28.0 Å². The minimum absolute atomic E-state index is 0.0417. The van der Waals surface area contributed by atoms with Crippen molar-refractivity contribution in [2.75, 3.05) is 0 Å². The maximum Gasteiger partial charge on any atom is 0.416 e. The molecule has 1 N–H and O–H groups in total. The number of nitrogens with zero attached hydrogens (tertiary/aromatic N) is 1. The monoisotopic (exact) mass is 485 g/mol. The van der Waals surface area contributed by atoms with Crippen molar-refractivity contribution in [1.29, 1.82) is 0 Å². The van der Waals surface area contributed by atoms with E-state index in [2.05, 4.69) is 4.99 Å². The predicted octanol–water partition coefficient (Wildman–Crippen LogP) is 8.51. The molecule has 0 fully saturated rings. The third kappa shape index (κ3) is 5.54. The van der Waals surface area contributed by atoms with Crippen LogP contribution in [0.4, 0.5) is 32.0 Å². The first kappa shape index (κ1) is 24.1. The summed E-state index contributed by atoms with van der Waals surface area (Å²) < 4.78 is 79.1. The molecular weight excluding hydrogens is 468 g/mol. The summed E-state index contributed by atoms with van der Waals surface area (Å²) in [7, 11) is 0. The highest BCUT2D eigenvalue weighted by Crippen LogP contribution is 2.39. The molecule has 4 rings (SSSR count). The number of phenols is 1. The number of hydrogen-bond acceptors (Lipinski definition) is 2. The van der Waals surface area contributed by atoms with Crippen molar-refractivity contribution in [3.05, 3.63) is 108 Å². The minimum Gasteiger partial charge on any atom is -0.507 e. The summed E-state index contributed by atoms with van der Waals surface area (Å²) >= 11 is 0. The van der Waals surface area contributed by atoms with Crippen LogP contribution in [0.15, 0.2) is 96.0 Å². The van der Waals surface area contributed by atoms with Gasteiger partial charge in [-0.2, -0.15) is 26.3 Å². The first-order valence-corrected chi connectivity index (χ1v) is 10.3. The van der Waals surface area contributed by atoms with Crippen molar-refractivity contribution in [3.63, 3.8) is 0 Å². The number of halogens is 6. The Kier molecular flexibility index (Phi) is 6.39. The lowest BCUT2D eigenvalue weighted by Crippen LogP contribution is -2.10. The van der Waals surface area contributed by atoms with Crippen LogP contribution in [0.5, 0.6) is 5.75 Å². The summed E-state index contributed by atoms with van der Waals surface area (Å²) in [6.07, 6.45) is -8.91. The molecule has 0 saturated carbocycles. The van der Waals surface area contributed by atoms with Gasteiger partial charge in [0.15, 0.2) is 0 Å². The molecule has 0 spiro atoms. The van der Waals surface area contributed by atoms with Crippen LogP contribution in [-0.4, -0.2) is 11.3 Å². The Hall–Kier alpha value is -4.07. The normalized spacial score (nSPS) is 12.3. The summed E-state index contributed by atoms with van der Waals surface area (Å²) in [6, 6.07) is 22.5. The van der Waals surface area contributed by atoms with E-state index >= 15 is 0 Å². The fraction of sp³-hybridized carbons (Fsp3) is 0.0741. The Balaban J connectivity index is 1.85. The van der Waals surface area contributed by atoms with Gasteiger partial charge in [-0.15, -0.1) is 0 Å². The van der Waals surface area contributed by atoms with Gasteiger partial charge >= 0.3 is 12.4 Å². The van der Waals surface area contributed by atoms with E-state index in [0.29, 0.717) is 28.8 Å². The van der Waals surface area contributed by atoms with Gasteiger partial charge in [0.2, 0.25) is 0 Å². The summed E-state index contributed by atoms with van der Waals surface area (Å²) in [5, 5.41) is 10.9. The van der Waals surface area contributed by atoms with E-state index in [9.17, 15) is 31.4 Å². The molecule has 0 radical (unpaired) electrons. The topological polar surface area (TPSA) is 32.6 Å². The molecule has 0 unspecified atom stereocenters. The van der Waals surface area contributed by atoms with Crippen LogP contribution in [0.2, 0.25) is 0 Å². The second-order valence-corrected chi connectivity index (χ2v) is 7.72. The van der Waals surface area contributed by atoms with Crippen LogP contribution in [0, 0.1) is 0 Å². The van der Waals surface area contributed by atoms with Crippen LogP contribution < -0.4 is 0 Å². The number of phenolic OH excluding ortho intramolecular Hbond substituents is 1. The first-order chi connectivity index (χ1) is 16.5. The minimum atomic E-state index is -4.98. The van der Waals surface area contributed by atoms with E-state index in [1.165, 1.54) is 0 Å². The molecule has 0 aliphatic rings. The highest BCUT2D eigenvalue weighted by molar-refractivity contribution is 5.93. The average molecular weight is 485 g/mol. The maximum absolute atomic E-state index is 13.2. The van der Waals surface area contributed by atoms with Gasteiger partial charge in [0.25, 0.3) is 0 Å². The summed E-state index contributed by atoms with van der Waals surface area (Å²) in [5.41, 5.74) is -0.738. The van der Waals surface area contributed by atoms with Crippen LogP contribution in [0.3, 0.4) is 0 Å². The molecule has 4 aromatic carbocycles. The molecule has 0 aliphatic carbocycles. The number of aromatic hydroxyl groups is 1. The van der Waals surface area contributed by atoms with E-state index in [1.807, 2.05) is 30.3 Å². The van der Waals surface area contributed by atoms with E-state index in [-0.39, 0.29) is 17.4 Å². The Labute approximate surface area is 196 Å². The van der Waals surface area contributed by atoms with E-state index < -0.39 is 29.2 Å². The molecule has 35 heavy (non-hydrogen) atoms. The fourth-order valence-corrected chi connectivity index (χ4v) is 3.55. The number of rotatable bonds is 4. The second kappa shape index (κ2) is 9.29. The van der Waals surface area contributed by atoms with E-state index in [4.69, 9.17) is 0 Å². The summed E-state index contributed by atoms with van der Waals surface area (Å²) in [4.78, 5) is 3.87. The van der Waals surface area contributed by atoms with Gasteiger partial charge in [-0.25, -0.2) is 0 Å².